The second-order valence-electron chi connectivity index (χ2n) is 4.42. The van der Waals surface area contributed by atoms with Gasteiger partial charge in [0.05, 0.1) is 6.61 Å². The molecule has 0 heterocycles. The molecular formula is C13H20N2O2. The summed E-state index contributed by atoms with van der Waals surface area (Å²) in [6.45, 7) is 3.72. The van der Waals surface area contributed by atoms with Crippen molar-refractivity contribution in [3.05, 3.63) is 29.8 Å². The van der Waals surface area contributed by atoms with Crippen LogP contribution in [-0.4, -0.2) is 23.7 Å². The molecule has 4 N–H and O–H groups in total. The van der Waals surface area contributed by atoms with E-state index in [0.717, 1.165) is 11.3 Å². The van der Waals surface area contributed by atoms with Crippen LogP contribution in [0.3, 0.4) is 0 Å². The van der Waals surface area contributed by atoms with Crippen LogP contribution in [0.25, 0.3) is 0 Å². The molecule has 1 unspecified atom stereocenters. The first-order valence-corrected chi connectivity index (χ1v) is 5.78. The lowest BCUT2D eigenvalue weighted by Crippen LogP contribution is -2.35. The van der Waals surface area contributed by atoms with E-state index in [2.05, 4.69) is 5.32 Å². The Bertz CT molecular complexity index is 362. The fraction of sp³-hybridized carbons (Fsp3) is 0.462. The van der Waals surface area contributed by atoms with E-state index < -0.39 is 0 Å². The van der Waals surface area contributed by atoms with Crippen LogP contribution in [0.1, 0.15) is 31.7 Å². The van der Waals surface area contributed by atoms with Gasteiger partial charge in [-0.05, 0) is 30.5 Å². The van der Waals surface area contributed by atoms with Gasteiger partial charge in [-0.3, -0.25) is 4.79 Å². The monoisotopic (exact) mass is 236 g/mol. The molecule has 1 aromatic rings. The number of aliphatic hydroxyl groups is 1. The van der Waals surface area contributed by atoms with Crippen molar-refractivity contribution < 1.29 is 9.90 Å². The summed E-state index contributed by atoms with van der Waals surface area (Å²) >= 11 is 0. The second kappa shape index (κ2) is 6.25. The molecule has 0 aliphatic carbocycles. The Balaban J connectivity index is 2.51. The molecule has 1 amide bonds. The maximum Gasteiger partial charge on any atom is 0.220 e. The van der Waals surface area contributed by atoms with Crippen LogP contribution in [0.5, 0.6) is 0 Å². The molecule has 0 saturated carbocycles. The number of anilines is 1. The summed E-state index contributed by atoms with van der Waals surface area (Å²) in [6.07, 6.45) is 0.411. The number of hydrogen-bond donors (Lipinski definition) is 3. The SMILES string of the molecule is CC(CC(=O)N[C@H](C)CO)c1ccc(N)cc1. The van der Waals surface area contributed by atoms with Crippen LogP contribution in [0, 0.1) is 0 Å². The molecule has 1 rings (SSSR count). The Morgan fingerprint density at radius 1 is 1.35 bits per heavy atom. The van der Waals surface area contributed by atoms with Crippen LogP contribution < -0.4 is 11.1 Å². The highest BCUT2D eigenvalue weighted by Crippen LogP contribution is 2.19. The summed E-state index contributed by atoms with van der Waals surface area (Å²) in [6, 6.07) is 7.34. The summed E-state index contributed by atoms with van der Waals surface area (Å²) in [7, 11) is 0. The predicted octanol–water partition coefficient (Wildman–Crippen LogP) is 1.26. The number of aliphatic hydroxyl groups excluding tert-OH is 1. The first-order chi connectivity index (χ1) is 8.02. The molecule has 0 spiro atoms. The third kappa shape index (κ3) is 4.44. The number of nitrogen functional groups attached to an aromatic ring is 1. The number of hydrogen-bond acceptors (Lipinski definition) is 3. The molecule has 0 aliphatic heterocycles. The van der Waals surface area contributed by atoms with Crippen molar-refractivity contribution in [3.8, 4) is 0 Å². The summed E-state index contributed by atoms with van der Waals surface area (Å²) in [5.74, 6) is 0.0948. The minimum absolute atomic E-state index is 0.0397. The Morgan fingerprint density at radius 2 is 1.94 bits per heavy atom. The summed E-state index contributed by atoms with van der Waals surface area (Å²) in [4.78, 5) is 11.6. The van der Waals surface area contributed by atoms with Gasteiger partial charge in [-0.15, -0.1) is 0 Å². The highest BCUT2D eigenvalue weighted by Gasteiger charge is 2.12. The molecule has 2 atom stereocenters. The van der Waals surface area contributed by atoms with Crippen LogP contribution in [-0.2, 0) is 4.79 Å². The molecule has 0 radical (unpaired) electrons. The smallest absolute Gasteiger partial charge is 0.220 e. The quantitative estimate of drug-likeness (QED) is 0.674. The molecule has 17 heavy (non-hydrogen) atoms. The molecule has 1 aromatic carbocycles. The number of benzene rings is 1. The van der Waals surface area contributed by atoms with Crippen molar-refractivity contribution in [2.45, 2.75) is 32.2 Å². The average Bonchev–Trinajstić information content (AvgIpc) is 2.29. The molecule has 4 heteroatoms. The molecule has 94 valence electrons. The first kappa shape index (κ1) is 13.5. The molecule has 0 aromatic heterocycles. The summed E-state index contributed by atoms with van der Waals surface area (Å²) in [5, 5.41) is 11.6. The number of rotatable bonds is 5. The van der Waals surface area contributed by atoms with Gasteiger partial charge in [0.15, 0.2) is 0 Å². The third-order valence-electron chi connectivity index (χ3n) is 2.68. The lowest BCUT2D eigenvalue weighted by atomic mass is 9.97. The zero-order valence-electron chi connectivity index (χ0n) is 10.3. The van der Waals surface area contributed by atoms with Crippen LogP contribution in [0.2, 0.25) is 0 Å². The summed E-state index contributed by atoms with van der Waals surface area (Å²) < 4.78 is 0. The van der Waals surface area contributed by atoms with Gasteiger partial charge in [0.1, 0.15) is 0 Å². The Kier molecular flexibility index (Phi) is 4.97. The van der Waals surface area contributed by atoms with E-state index in [-0.39, 0.29) is 24.5 Å². The topological polar surface area (TPSA) is 75.3 Å². The first-order valence-electron chi connectivity index (χ1n) is 5.78. The standard InChI is InChI=1S/C13H20N2O2/c1-9(7-13(17)15-10(2)8-16)11-3-5-12(14)6-4-11/h3-6,9-10,16H,7-8,14H2,1-2H3,(H,15,17)/t9?,10-/m1/s1. The highest BCUT2D eigenvalue weighted by atomic mass is 16.3. The lowest BCUT2D eigenvalue weighted by Gasteiger charge is -2.15. The zero-order chi connectivity index (χ0) is 12.8. The van der Waals surface area contributed by atoms with Gasteiger partial charge in [0.25, 0.3) is 0 Å². The van der Waals surface area contributed by atoms with E-state index in [1.807, 2.05) is 31.2 Å². The average molecular weight is 236 g/mol. The van der Waals surface area contributed by atoms with Crippen molar-refractivity contribution >= 4 is 11.6 Å². The van der Waals surface area contributed by atoms with Crippen LogP contribution >= 0.6 is 0 Å². The molecule has 0 fully saturated rings. The van der Waals surface area contributed by atoms with Gasteiger partial charge in [-0.25, -0.2) is 0 Å². The molecule has 0 bridgehead atoms. The Labute approximate surface area is 102 Å². The van der Waals surface area contributed by atoms with Gasteiger partial charge in [-0.2, -0.15) is 0 Å². The fourth-order valence-electron chi connectivity index (χ4n) is 1.60. The van der Waals surface area contributed by atoms with E-state index in [1.54, 1.807) is 6.92 Å². The third-order valence-corrected chi connectivity index (χ3v) is 2.68. The second-order valence-corrected chi connectivity index (χ2v) is 4.42. The van der Waals surface area contributed by atoms with Crippen molar-refractivity contribution in [3.63, 3.8) is 0 Å². The highest BCUT2D eigenvalue weighted by molar-refractivity contribution is 5.77. The lowest BCUT2D eigenvalue weighted by molar-refractivity contribution is -0.122. The van der Waals surface area contributed by atoms with E-state index in [9.17, 15) is 4.79 Å². The van der Waals surface area contributed by atoms with E-state index in [0.29, 0.717) is 6.42 Å². The van der Waals surface area contributed by atoms with Gasteiger partial charge < -0.3 is 16.2 Å². The van der Waals surface area contributed by atoms with E-state index in [4.69, 9.17) is 10.8 Å². The number of nitrogens with two attached hydrogens (primary N) is 1. The minimum atomic E-state index is -0.193. The zero-order valence-corrected chi connectivity index (χ0v) is 10.3. The fourth-order valence-corrected chi connectivity index (χ4v) is 1.60. The maximum absolute atomic E-state index is 11.6. The predicted molar refractivity (Wildman–Crippen MR) is 68.6 cm³/mol. The Morgan fingerprint density at radius 3 is 2.47 bits per heavy atom. The molecular weight excluding hydrogens is 216 g/mol. The minimum Gasteiger partial charge on any atom is -0.399 e. The van der Waals surface area contributed by atoms with E-state index in [1.165, 1.54) is 0 Å². The number of carbonyl (C=O) groups excluding carboxylic acids is 1. The van der Waals surface area contributed by atoms with Crippen LogP contribution in [0.15, 0.2) is 24.3 Å². The van der Waals surface area contributed by atoms with Crippen molar-refractivity contribution in [2.75, 3.05) is 12.3 Å². The van der Waals surface area contributed by atoms with Gasteiger partial charge >= 0.3 is 0 Å². The van der Waals surface area contributed by atoms with Crippen molar-refractivity contribution in [1.29, 1.82) is 0 Å². The van der Waals surface area contributed by atoms with Gasteiger partial charge in [0, 0.05) is 18.2 Å². The van der Waals surface area contributed by atoms with Crippen molar-refractivity contribution in [2.24, 2.45) is 0 Å². The molecule has 0 saturated heterocycles. The summed E-state index contributed by atoms with van der Waals surface area (Å²) in [5.41, 5.74) is 7.42. The molecule has 4 nitrogen and oxygen atoms in total. The van der Waals surface area contributed by atoms with Crippen molar-refractivity contribution in [1.82, 2.24) is 5.32 Å². The van der Waals surface area contributed by atoms with Crippen LogP contribution in [0.4, 0.5) is 5.69 Å². The van der Waals surface area contributed by atoms with Gasteiger partial charge in [0.2, 0.25) is 5.91 Å². The number of amides is 1. The molecule has 0 aliphatic rings. The number of carbonyl (C=O) groups is 1. The largest absolute Gasteiger partial charge is 0.399 e. The van der Waals surface area contributed by atoms with E-state index >= 15 is 0 Å². The maximum atomic E-state index is 11.6. The normalized spacial score (nSPS) is 14.1. The van der Waals surface area contributed by atoms with Gasteiger partial charge in [-0.1, -0.05) is 19.1 Å². The number of nitrogens with one attached hydrogen (secondary N) is 1. The Hall–Kier alpha value is -1.55.